The summed E-state index contributed by atoms with van der Waals surface area (Å²) in [7, 11) is 0. The number of hydrogen-bond donors (Lipinski definition) is 2. The number of hydrogen-bond acceptors (Lipinski definition) is 2. The van der Waals surface area contributed by atoms with Gasteiger partial charge in [-0.3, -0.25) is 4.79 Å². The Kier molecular flexibility index (Phi) is 5.45. The monoisotopic (exact) mass is 210 g/mol. The van der Waals surface area contributed by atoms with Crippen LogP contribution in [0, 0.1) is 6.92 Å². The maximum atomic E-state index is 9.35. The van der Waals surface area contributed by atoms with Crippen LogP contribution in [0.25, 0.3) is 0 Å². The molecule has 0 aliphatic carbocycles. The Hall–Kier alpha value is -1.51. The zero-order valence-electron chi connectivity index (χ0n) is 9.61. The van der Waals surface area contributed by atoms with Crippen molar-refractivity contribution in [2.24, 2.45) is 0 Å². The van der Waals surface area contributed by atoms with Crippen LogP contribution in [0.2, 0.25) is 0 Å². The minimum absolute atomic E-state index is 0.399. The van der Waals surface area contributed by atoms with Crippen molar-refractivity contribution in [1.29, 1.82) is 0 Å². The number of benzene rings is 1. The van der Waals surface area contributed by atoms with E-state index in [9.17, 15) is 5.11 Å². The van der Waals surface area contributed by atoms with E-state index in [2.05, 4.69) is 19.9 Å². The second-order valence-corrected chi connectivity index (χ2v) is 3.72. The van der Waals surface area contributed by atoms with Gasteiger partial charge in [0.2, 0.25) is 0 Å². The van der Waals surface area contributed by atoms with E-state index >= 15 is 0 Å². The van der Waals surface area contributed by atoms with Gasteiger partial charge in [-0.15, -0.1) is 0 Å². The first-order chi connectivity index (χ1) is 6.84. The van der Waals surface area contributed by atoms with Gasteiger partial charge in [-0.25, -0.2) is 0 Å². The molecule has 0 saturated carbocycles. The highest BCUT2D eigenvalue weighted by Crippen LogP contribution is 2.22. The minimum Gasteiger partial charge on any atom is -0.508 e. The lowest BCUT2D eigenvalue weighted by Gasteiger charge is -2.06. The SMILES string of the molecule is CC(=O)O.Cc1ccc(C(C)C)cc1O. The van der Waals surface area contributed by atoms with Gasteiger partial charge in [0.05, 0.1) is 0 Å². The quantitative estimate of drug-likeness (QED) is 0.749. The van der Waals surface area contributed by atoms with E-state index in [0.29, 0.717) is 11.7 Å². The molecule has 3 heteroatoms. The molecular formula is C12H18O3. The number of aryl methyl sites for hydroxylation is 1. The third-order valence-corrected chi connectivity index (χ3v) is 1.90. The Balaban J connectivity index is 0.000000423. The van der Waals surface area contributed by atoms with Gasteiger partial charge in [-0.1, -0.05) is 26.0 Å². The molecule has 0 unspecified atom stereocenters. The fourth-order valence-electron chi connectivity index (χ4n) is 0.986. The van der Waals surface area contributed by atoms with Crippen LogP contribution >= 0.6 is 0 Å². The third kappa shape index (κ3) is 5.73. The molecule has 0 heterocycles. The number of phenolic OH excluding ortho intramolecular Hbond substituents is 1. The van der Waals surface area contributed by atoms with E-state index in [0.717, 1.165) is 12.5 Å². The molecule has 1 aromatic carbocycles. The van der Waals surface area contributed by atoms with Crippen molar-refractivity contribution in [2.45, 2.75) is 33.6 Å². The van der Waals surface area contributed by atoms with Crippen molar-refractivity contribution in [2.75, 3.05) is 0 Å². The van der Waals surface area contributed by atoms with Crippen molar-refractivity contribution < 1.29 is 15.0 Å². The van der Waals surface area contributed by atoms with Gasteiger partial charge in [0.15, 0.2) is 0 Å². The smallest absolute Gasteiger partial charge is 0.300 e. The van der Waals surface area contributed by atoms with Crippen LogP contribution in [0.5, 0.6) is 5.75 Å². The van der Waals surface area contributed by atoms with Gasteiger partial charge in [0.1, 0.15) is 5.75 Å². The van der Waals surface area contributed by atoms with E-state index in [4.69, 9.17) is 9.90 Å². The zero-order valence-corrected chi connectivity index (χ0v) is 9.61. The number of aromatic hydroxyl groups is 1. The average molecular weight is 210 g/mol. The molecule has 0 atom stereocenters. The molecule has 0 bridgehead atoms. The molecule has 0 saturated heterocycles. The van der Waals surface area contributed by atoms with Crippen LogP contribution in [0.1, 0.15) is 37.8 Å². The summed E-state index contributed by atoms with van der Waals surface area (Å²) in [6, 6.07) is 5.84. The molecule has 0 fully saturated rings. The van der Waals surface area contributed by atoms with Crippen LogP contribution in [0.3, 0.4) is 0 Å². The van der Waals surface area contributed by atoms with Crippen molar-refractivity contribution in [1.82, 2.24) is 0 Å². The zero-order chi connectivity index (χ0) is 12.0. The standard InChI is InChI=1S/C10H14O.C2H4O2/c1-7(2)9-5-4-8(3)10(11)6-9;1-2(3)4/h4-7,11H,1-3H3;1H3,(H,3,4). The highest BCUT2D eigenvalue weighted by Gasteiger charge is 2.00. The number of carboxylic acid groups (broad SMARTS) is 1. The summed E-state index contributed by atoms with van der Waals surface area (Å²) in [6.45, 7) is 7.22. The number of rotatable bonds is 1. The van der Waals surface area contributed by atoms with Crippen LogP contribution in [-0.4, -0.2) is 16.2 Å². The van der Waals surface area contributed by atoms with Gasteiger partial charge < -0.3 is 10.2 Å². The Morgan fingerprint density at radius 1 is 1.33 bits per heavy atom. The summed E-state index contributed by atoms with van der Waals surface area (Å²) >= 11 is 0. The highest BCUT2D eigenvalue weighted by atomic mass is 16.4. The van der Waals surface area contributed by atoms with Gasteiger partial charge >= 0.3 is 0 Å². The maximum absolute atomic E-state index is 9.35. The lowest BCUT2D eigenvalue weighted by Crippen LogP contribution is -1.86. The predicted molar refractivity (Wildman–Crippen MR) is 60.2 cm³/mol. The first kappa shape index (κ1) is 13.5. The Morgan fingerprint density at radius 2 is 1.80 bits per heavy atom. The molecule has 1 aromatic rings. The fourth-order valence-corrected chi connectivity index (χ4v) is 0.986. The normalized spacial score (nSPS) is 9.40. The second-order valence-electron chi connectivity index (χ2n) is 3.72. The van der Waals surface area contributed by atoms with Gasteiger partial charge in [0.25, 0.3) is 5.97 Å². The van der Waals surface area contributed by atoms with E-state index in [1.807, 2.05) is 19.1 Å². The summed E-state index contributed by atoms with van der Waals surface area (Å²) in [5.74, 6) is 0.0534. The summed E-state index contributed by atoms with van der Waals surface area (Å²) in [5, 5.41) is 16.8. The molecule has 0 aliphatic heterocycles. The number of aliphatic carboxylic acids is 1. The third-order valence-electron chi connectivity index (χ3n) is 1.90. The molecule has 15 heavy (non-hydrogen) atoms. The Labute approximate surface area is 90.4 Å². The van der Waals surface area contributed by atoms with Crippen molar-refractivity contribution in [3.63, 3.8) is 0 Å². The van der Waals surface area contributed by atoms with Gasteiger partial charge in [-0.2, -0.15) is 0 Å². The molecule has 0 aromatic heterocycles. The summed E-state index contributed by atoms with van der Waals surface area (Å²) in [6.07, 6.45) is 0. The summed E-state index contributed by atoms with van der Waals surface area (Å²) in [4.78, 5) is 9.00. The Bertz CT molecular complexity index is 326. The van der Waals surface area contributed by atoms with E-state index in [-0.39, 0.29) is 0 Å². The van der Waals surface area contributed by atoms with Crippen molar-refractivity contribution in [3.8, 4) is 5.75 Å². The van der Waals surface area contributed by atoms with Crippen LogP contribution < -0.4 is 0 Å². The van der Waals surface area contributed by atoms with Crippen LogP contribution in [0.4, 0.5) is 0 Å². The number of carbonyl (C=O) groups is 1. The molecule has 3 nitrogen and oxygen atoms in total. The molecule has 0 amide bonds. The summed E-state index contributed by atoms with van der Waals surface area (Å²) in [5.41, 5.74) is 2.13. The first-order valence-electron chi connectivity index (χ1n) is 4.83. The van der Waals surface area contributed by atoms with E-state index in [1.165, 1.54) is 5.56 Å². The Morgan fingerprint density at radius 3 is 2.13 bits per heavy atom. The molecule has 84 valence electrons. The van der Waals surface area contributed by atoms with Crippen LogP contribution in [0.15, 0.2) is 18.2 Å². The largest absolute Gasteiger partial charge is 0.508 e. The van der Waals surface area contributed by atoms with Gasteiger partial charge in [0, 0.05) is 6.92 Å². The minimum atomic E-state index is -0.833. The lowest BCUT2D eigenvalue weighted by molar-refractivity contribution is -0.134. The molecule has 0 aliphatic rings. The first-order valence-corrected chi connectivity index (χ1v) is 4.83. The van der Waals surface area contributed by atoms with Crippen LogP contribution in [-0.2, 0) is 4.79 Å². The highest BCUT2D eigenvalue weighted by molar-refractivity contribution is 5.62. The number of phenols is 1. The lowest BCUT2D eigenvalue weighted by atomic mass is 10.0. The molecule has 0 radical (unpaired) electrons. The van der Waals surface area contributed by atoms with E-state index < -0.39 is 5.97 Å². The van der Waals surface area contributed by atoms with Crippen molar-refractivity contribution >= 4 is 5.97 Å². The second kappa shape index (κ2) is 6.06. The van der Waals surface area contributed by atoms with E-state index in [1.54, 1.807) is 0 Å². The average Bonchev–Trinajstić information content (AvgIpc) is 2.08. The molecule has 1 rings (SSSR count). The number of carboxylic acids is 1. The molecule has 2 N–H and O–H groups in total. The topological polar surface area (TPSA) is 57.5 Å². The molecular weight excluding hydrogens is 192 g/mol. The maximum Gasteiger partial charge on any atom is 0.300 e. The fraction of sp³-hybridized carbons (Fsp3) is 0.417. The predicted octanol–water partition coefficient (Wildman–Crippen LogP) is 2.91. The van der Waals surface area contributed by atoms with Gasteiger partial charge in [-0.05, 0) is 30.0 Å². The van der Waals surface area contributed by atoms with Crippen molar-refractivity contribution in [3.05, 3.63) is 29.3 Å². The summed E-state index contributed by atoms with van der Waals surface area (Å²) < 4.78 is 0. The molecule has 0 spiro atoms.